The van der Waals surface area contributed by atoms with E-state index in [0.717, 1.165) is 0 Å². The van der Waals surface area contributed by atoms with Gasteiger partial charge in [0.25, 0.3) is 5.91 Å². The Hall–Kier alpha value is -2.45. The smallest absolute Gasteiger partial charge is 0.271 e. The molecule has 0 aliphatic carbocycles. The molecule has 0 bridgehead atoms. The summed E-state index contributed by atoms with van der Waals surface area (Å²) in [5.74, 6) is -0.868. The van der Waals surface area contributed by atoms with E-state index >= 15 is 0 Å². The maximum Gasteiger partial charge on any atom is 0.271 e. The maximum atomic E-state index is 13.4. The minimum Gasteiger partial charge on any atom is -0.484 e. The van der Waals surface area contributed by atoms with E-state index in [1.807, 2.05) is 0 Å². The van der Waals surface area contributed by atoms with Crippen LogP contribution in [0.2, 0.25) is 0 Å². The van der Waals surface area contributed by atoms with Gasteiger partial charge in [-0.15, -0.1) is 0 Å². The van der Waals surface area contributed by atoms with E-state index in [1.54, 1.807) is 12.1 Å². The predicted octanol–water partition coefficient (Wildman–Crippen LogP) is 0.211. The van der Waals surface area contributed by atoms with Gasteiger partial charge in [-0.3, -0.25) is 9.89 Å². The molecular formula is C14H16FN3O4. The van der Waals surface area contributed by atoms with Crippen molar-refractivity contribution in [3.63, 3.8) is 0 Å². The molecule has 7 nitrogen and oxygen atoms in total. The molecule has 1 unspecified atom stereocenters. The van der Waals surface area contributed by atoms with Gasteiger partial charge in [0, 0.05) is 6.54 Å². The van der Waals surface area contributed by atoms with E-state index in [9.17, 15) is 9.18 Å². The van der Waals surface area contributed by atoms with Gasteiger partial charge in [0.1, 0.15) is 12.3 Å². The molecule has 0 aliphatic heterocycles. The lowest BCUT2D eigenvalue weighted by Gasteiger charge is -2.07. The fourth-order valence-electron chi connectivity index (χ4n) is 1.63. The average Bonchev–Trinajstić information content (AvgIpc) is 3.00. The molecular weight excluding hydrogens is 293 g/mol. The first-order valence-electron chi connectivity index (χ1n) is 6.59. The van der Waals surface area contributed by atoms with Crippen LogP contribution in [0.15, 0.2) is 30.3 Å². The van der Waals surface area contributed by atoms with E-state index in [0.29, 0.717) is 5.69 Å². The van der Waals surface area contributed by atoms with Gasteiger partial charge in [-0.05, 0) is 18.2 Å². The summed E-state index contributed by atoms with van der Waals surface area (Å²) in [7, 11) is 0. The molecule has 0 spiro atoms. The molecule has 0 saturated carbocycles. The van der Waals surface area contributed by atoms with Crippen molar-refractivity contribution in [3.8, 4) is 5.75 Å². The number of aliphatic hydroxyl groups is 2. The van der Waals surface area contributed by atoms with Gasteiger partial charge >= 0.3 is 0 Å². The third-order valence-electron chi connectivity index (χ3n) is 2.79. The Morgan fingerprint density at radius 3 is 2.95 bits per heavy atom. The molecule has 0 radical (unpaired) electrons. The summed E-state index contributed by atoms with van der Waals surface area (Å²) < 4.78 is 18.7. The molecule has 4 N–H and O–H groups in total. The Morgan fingerprint density at radius 1 is 1.45 bits per heavy atom. The van der Waals surface area contributed by atoms with Crippen molar-refractivity contribution < 1.29 is 24.1 Å². The summed E-state index contributed by atoms with van der Waals surface area (Å²) in [6.45, 7) is -0.494. The molecule has 22 heavy (non-hydrogen) atoms. The molecule has 118 valence electrons. The third-order valence-corrected chi connectivity index (χ3v) is 2.79. The number of carbonyl (C=O) groups excluding carboxylic acids is 1. The van der Waals surface area contributed by atoms with Crippen LogP contribution in [-0.2, 0) is 6.61 Å². The van der Waals surface area contributed by atoms with E-state index in [1.165, 1.54) is 18.2 Å². The monoisotopic (exact) mass is 309 g/mol. The lowest BCUT2D eigenvalue weighted by Crippen LogP contribution is -2.34. The molecule has 2 aromatic rings. The highest BCUT2D eigenvalue weighted by Gasteiger charge is 2.12. The number of amides is 1. The van der Waals surface area contributed by atoms with Gasteiger partial charge in [-0.25, -0.2) is 4.39 Å². The van der Waals surface area contributed by atoms with Crippen LogP contribution in [0, 0.1) is 5.82 Å². The second kappa shape index (κ2) is 7.53. The van der Waals surface area contributed by atoms with Crippen LogP contribution in [0.3, 0.4) is 0 Å². The summed E-state index contributed by atoms with van der Waals surface area (Å²) in [5, 5.41) is 26.6. The average molecular weight is 309 g/mol. The number of nitrogens with one attached hydrogen (secondary N) is 2. The van der Waals surface area contributed by atoms with Crippen LogP contribution in [0.4, 0.5) is 4.39 Å². The first-order chi connectivity index (χ1) is 10.6. The van der Waals surface area contributed by atoms with Crippen molar-refractivity contribution >= 4 is 5.91 Å². The molecule has 1 aromatic heterocycles. The SMILES string of the molecule is O=C(NCC(O)CO)c1cc(COc2ccccc2F)[nH]n1. The quantitative estimate of drug-likeness (QED) is 0.585. The van der Waals surface area contributed by atoms with Gasteiger partial charge in [0.05, 0.1) is 18.4 Å². The maximum absolute atomic E-state index is 13.4. The van der Waals surface area contributed by atoms with Crippen LogP contribution in [0.1, 0.15) is 16.2 Å². The highest BCUT2D eigenvalue weighted by molar-refractivity contribution is 5.92. The number of para-hydroxylation sites is 1. The van der Waals surface area contributed by atoms with Crippen molar-refractivity contribution in [3.05, 3.63) is 47.5 Å². The summed E-state index contributed by atoms with van der Waals surface area (Å²) in [6, 6.07) is 7.45. The summed E-state index contributed by atoms with van der Waals surface area (Å²) >= 11 is 0. The number of aliphatic hydroxyl groups excluding tert-OH is 2. The zero-order valence-electron chi connectivity index (χ0n) is 11.6. The predicted molar refractivity (Wildman–Crippen MR) is 74.7 cm³/mol. The number of halogens is 1. The van der Waals surface area contributed by atoms with Crippen molar-refractivity contribution in [2.24, 2.45) is 0 Å². The zero-order valence-corrected chi connectivity index (χ0v) is 11.6. The van der Waals surface area contributed by atoms with Gasteiger partial charge in [-0.1, -0.05) is 12.1 Å². The fourth-order valence-corrected chi connectivity index (χ4v) is 1.63. The number of aromatic amines is 1. The van der Waals surface area contributed by atoms with E-state index in [-0.39, 0.29) is 24.6 Å². The Balaban J connectivity index is 1.88. The number of hydrogen-bond donors (Lipinski definition) is 4. The number of H-pyrrole nitrogens is 1. The molecule has 2 rings (SSSR count). The minimum atomic E-state index is -1.02. The number of rotatable bonds is 7. The number of nitrogens with zero attached hydrogens (tertiary/aromatic N) is 1. The lowest BCUT2D eigenvalue weighted by atomic mass is 10.3. The molecule has 1 amide bonds. The van der Waals surface area contributed by atoms with Crippen LogP contribution in [0.25, 0.3) is 0 Å². The van der Waals surface area contributed by atoms with Crippen molar-refractivity contribution in [1.82, 2.24) is 15.5 Å². The van der Waals surface area contributed by atoms with E-state index < -0.39 is 24.4 Å². The van der Waals surface area contributed by atoms with Crippen molar-refractivity contribution in [2.45, 2.75) is 12.7 Å². The molecule has 1 aromatic carbocycles. The first-order valence-corrected chi connectivity index (χ1v) is 6.59. The molecule has 0 fully saturated rings. The normalized spacial score (nSPS) is 12.0. The first kappa shape index (κ1) is 15.9. The molecule has 1 heterocycles. The highest BCUT2D eigenvalue weighted by Crippen LogP contribution is 2.16. The Morgan fingerprint density at radius 2 is 2.23 bits per heavy atom. The zero-order chi connectivity index (χ0) is 15.9. The van der Waals surface area contributed by atoms with Crippen LogP contribution in [-0.4, -0.2) is 45.6 Å². The summed E-state index contributed by atoms with van der Waals surface area (Å²) in [6.07, 6.45) is -1.02. The number of ether oxygens (including phenoxy) is 1. The second-order valence-electron chi connectivity index (χ2n) is 4.54. The minimum absolute atomic E-state index is 0.0283. The van der Waals surface area contributed by atoms with E-state index in [4.69, 9.17) is 14.9 Å². The second-order valence-corrected chi connectivity index (χ2v) is 4.54. The number of benzene rings is 1. The van der Waals surface area contributed by atoms with Gasteiger partial charge in [-0.2, -0.15) is 5.10 Å². The topological polar surface area (TPSA) is 107 Å². The fraction of sp³-hybridized carbons (Fsp3) is 0.286. The summed E-state index contributed by atoms with van der Waals surface area (Å²) in [5.41, 5.74) is 0.605. The van der Waals surface area contributed by atoms with Gasteiger partial charge < -0.3 is 20.3 Å². The molecule has 0 saturated heterocycles. The van der Waals surface area contributed by atoms with Crippen LogP contribution < -0.4 is 10.1 Å². The Kier molecular flexibility index (Phi) is 5.45. The standard InChI is InChI=1S/C14H16FN3O4/c15-11-3-1-2-4-13(11)22-8-9-5-12(18-17-9)14(21)16-6-10(20)7-19/h1-5,10,19-20H,6-8H2,(H,16,21)(H,17,18). The number of carbonyl (C=O) groups is 1. The van der Waals surface area contributed by atoms with Crippen molar-refractivity contribution in [1.29, 1.82) is 0 Å². The Bertz CT molecular complexity index is 632. The number of hydrogen-bond acceptors (Lipinski definition) is 5. The van der Waals surface area contributed by atoms with Crippen LogP contribution in [0.5, 0.6) is 5.75 Å². The van der Waals surface area contributed by atoms with Crippen molar-refractivity contribution in [2.75, 3.05) is 13.2 Å². The van der Waals surface area contributed by atoms with Gasteiger partial charge in [0.2, 0.25) is 0 Å². The van der Waals surface area contributed by atoms with Gasteiger partial charge in [0.15, 0.2) is 11.6 Å². The Labute approximate surface area is 125 Å². The highest BCUT2D eigenvalue weighted by atomic mass is 19.1. The lowest BCUT2D eigenvalue weighted by molar-refractivity contribution is 0.0798. The molecule has 1 atom stereocenters. The third kappa shape index (κ3) is 4.27. The largest absolute Gasteiger partial charge is 0.484 e. The molecule has 8 heteroatoms. The summed E-state index contributed by atoms with van der Waals surface area (Å²) in [4.78, 5) is 11.7. The number of aromatic nitrogens is 2. The van der Waals surface area contributed by atoms with E-state index in [2.05, 4.69) is 15.5 Å². The van der Waals surface area contributed by atoms with Crippen LogP contribution >= 0.6 is 0 Å². The molecule has 0 aliphatic rings.